The van der Waals surface area contributed by atoms with Gasteiger partial charge in [-0.25, -0.2) is 8.42 Å². The summed E-state index contributed by atoms with van der Waals surface area (Å²) in [5.74, 6) is 0.349. The summed E-state index contributed by atoms with van der Waals surface area (Å²) >= 11 is 5.88. The van der Waals surface area contributed by atoms with Crippen molar-refractivity contribution >= 4 is 27.5 Å². The first-order chi connectivity index (χ1) is 10.5. The molecular formula is C15H19ClN2O3S. The molecule has 22 heavy (non-hydrogen) atoms. The van der Waals surface area contributed by atoms with Gasteiger partial charge in [0.1, 0.15) is 0 Å². The summed E-state index contributed by atoms with van der Waals surface area (Å²) in [6, 6.07) is 6.29. The third-order valence-corrected chi connectivity index (χ3v) is 6.57. The maximum Gasteiger partial charge on any atom is 0.243 e. The average molecular weight is 343 g/mol. The predicted octanol–water partition coefficient (Wildman–Crippen LogP) is 1.97. The molecule has 0 unspecified atom stereocenters. The summed E-state index contributed by atoms with van der Waals surface area (Å²) in [6.45, 7) is 1.62. The summed E-state index contributed by atoms with van der Waals surface area (Å²) in [7, 11) is -3.53. The number of piperazine rings is 1. The van der Waals surface area contributed by atoms with E-state index in [0.717, 1.165) is 19.3 Å². The topological polar surface area (TPSA) is 57.7 Å². The zero-order chi connectivity index (χ0) is 15.7. The molecule has 1 amide bonds. The number of benzene rings is 1. The van der Waals surface area contributed by atoms with Crippen molar-refractivity contribution in [3.8, 4) is 0 Å². The Bertz CT molecular complexity index is 665. The van der Waals surface area contributed by atoms with Gasteiger partial charge in [-0.3, -0.25) is 4.79 Å². The van der Waals surface area contributed by atoms with Crippen LogP contribution in [0, 0.1) is 5.92 Å². The number of nitrogens with zero attached hydrogens (tertiary/aromatic N) is 2. The lowest BCUT2D eigenvalue weighted by Crippen LogP contribution is -2.52. The number of halogens is 1. The minimum atomic E-state index is -3.53. The van der Waals surface area contributed by atoms with E-state index < -0.39 is 10.0 Å². The van der Waals surface area contributed by atoms with Gasteiger partial charge in [-0.15, -0.1) is 0 Å². The molecule has 1 aliphatic heterocycles. The standard InChI is InChI=1S/C15H19ClN2O3S/c16-13-5-2-6-14(11-13)22(20,21)18-9-7-17(8-10-18)15(19)12-3-1-4-12/h2,5-6,11-12H,1,3-4,7-10H2. The zero-order valence-electron chi connectivity index (χ0n) is 12.2. The predicted molar refractivity (Wildman–Crippen MR) is 84.1 cm³/mol. The molecule has 7 heteroatoms. The van der Waals surface area contributed by atoms with Crippen LogP contribution in [0.15, 0.2) is 29.2 Å². The summed E-state index contributed by atoms with van der Waals surface area (Å²) in [4.78, 5) is 14.2. The molecule has 120 valence electrons. The molecule has 0 N–H and O–H groups in total. The van der Waals surface area contributed by atoms with Crippen LogP contribution in [0.5, 0.6) is 0 Å². The number of hydrogen-bond acceptors (Lipinski definition) is 3. The van der Waals surface area contributed by atoms with Crippen molar-refractivity contribution < 1.29 is 13.2 Å². The first-order valence-electron chi connectivity index (χ1n) is 7.53. The molecule has 1 aromatic rings. The van der Waals surface area contributed by atoms with E-state index >= 15 is 0 Å². The van der Waals surface area contributed by atoms with Crippen LogP contribution in [-0.2, 0) is 14.8 Å². The number of amides is 1. The quantitative estimate of drug-likeness (QED) is 0.844. The fourth-order valence-electron chi connectivity index (χ4n) is 2.84. The normalized spacial score (nSPS) is 20.7. The maximum absolute atomic E-state index is 12.6. The monoisotopic (exact) mass is 342 g/mol. The highest BCUT2D eigenvalue weighted by molar-refractivity contribution is 7.89. The number of hydrogen-bond donors (Lipinski definition) is 0. The van der Waals surface area contributed by atoms with Crippen LogP contribution in [0.1, 0.15) is 19.3 Å². The Morgan fingerprint density at radius 1 is 1.14 bits per heavy atom. The highest BCUT2D eigenvalue weighted by atomic mass is 35.5. The van der Waals surface area contributed by atoms with E-state index in [4.69, 9.17) is 11.6 Å². The highest BCUT2D eigenvalue weighted by Gasteiger charge is 2.34. The molecule has 1 saturated heterocycles. The maximum atomic E-state index is 12.6. The molecule has 1 saturated carbocycles. The zero-order valence-corrected chi connectivity index (χ0v) is 13.8. The van der Waals surface area contributed by atoms with Crippen molar-refractivity contribution in [3.05, 3.63) is 29.3 Å². The van der Waals surface area contributed by atoms with Gasteiger partial charge in [0.2, 0.25) is 15.9 Å². The van der Waals surface area contributed by atoms with Crippen LogP contribution in [0.3, 0.4) is 0 Å². The molecule has 0 aromatic heterocycles. The van der Waals surface area contributed by atoms with Gasteiger partial charge in [-0.1, -0.05) is 24.1 Å². The van der Waals surface area contributed by atoms with Gasteiger partial charge in [-0.05, 0) is 31.0 Å². The SMILES string of the molecule is O=C(C1CCC1)N1CCN(S(=O)(=O)c2cccc(Cl)c2)CC1. The molecular weight excluding hydrogens is 324 g/mol. The second-order valence-electron chi connectivity index (χ2n) is 5.81. The molecule has 2 fully saturated rings. The summed E-state index contributed by atoms with van der Waals surface area (Å²) in [5.41, 5.74) is 0. The summed E-state index contributed by atoms with van der Waals surface area (Å²) in [5, 5.41) is 0.403. The molecule has 0 radical (unpaired) electrons. The van der Waals surface area contributed by atoms with Crippen molar-refractivity contribution in [2.24, 2.45) is 5.92 Å². The number of carbonyl (C=O) groups excluding carboxylic acids is 1. The number of rotatable bonds is 3. The molecule has 3 rings (SSSR count). The van der Waals surface area contributed by atoms with Gasteiger partial charge in [0.05, 0.1) is 4.90 Å². The molecule has 5 nitrogen and oxygen atoms in total. The van der Waals surface area contributed by atoms with Gasteiger partial charge >= 0.3 is 0 Å². The lowest BCUT2D eigenvalue weighted by Gasteiger charge is -2.37. The minimum absolute atomic E-state index is 0.163. The molecule has 0 bridgehead atoms. The van der Waals surface area contributed by atoms with Crippen LogP contribution >= 0.6 is 11.6 Å². The lowest BCUT2D eigenvalue weighted by atomic mass is 9.84. The van der Waals surface area contributed by atoms with E-state index in [0.29, 0.717) is 31.2 Å². The fraction of sp³-hybridized carbons (Fsp3) is 0.533. The van der Waals surface area contributed by atoms with Crippen LogP contribution in [0.4, 0.5) is 0 Å². The highest BCUT2D eigenvalue weighted by Crippen LogP contribution is 2.29. The third kappa shape index (κ3) is 3.00. The largest absolute Gasteiger partial charge is 0.340 e. The minimum Gasteiger partial charge on any atom is -0.340 e. The van der Waals surface area contributed by atoms with E-state index in [1.54, 1.807) is 23.1 Å². The van der Waals surface area contributed by atoms with Crippen molar-refractivity contribution in [1.82, 2.24) is 9.21 Å². The fourth-order valence-corrected chi connectivity index (χ4v) is 4.56. The Hall–Kier alpha value is -1.11. The molecule has 0 atom stereocenters. The van der Waals surface area contributed by atoms with Gasteiger partial charge in [-0.2, -0.15) is 4.31 Å². The van der Waals surface area contributed by atoms with E-state index in [-0.39, 0.29) is 16.7 Å². The molecule has 2 aliphatic rings. The van der Waals surface area contributed by atoms with Crippen molar-refractivity contribution in [2.75, 3.05) is 26.2 Å². The van der Waals surface area contributed by atoms with Crippen LogP contribution in [-0.4, -0.2) is 49.7 Å². The third-order valence-electron chi connectivity index (χ3n) is 4.44. The van der Waals surface area contributed by atoms with Crippen LogP contribution in [0.25, 0.3) is 0 Å². The Morgan fingerprint density at radius 3 is 2.36 bits per heavy atom. The van der Waals surface area contributed by atoms with Gasteiger partial charge in [0, 0.05) is 37.1 Å². The Morgan fingerprint density at radius 2 is 1.82 bits per heavy atom. The number of sulfonamides is 1. The second kappa shape index (κ2) is 6.18. The van der Waals surface area contributed by atoms with Crippen molar-refractivity contribution in [1.29, 1.82) is 0 Å². The van der Waals surface area contributed by atoms with Crippen LogP contribution in [0.2, 0.25) is 5.02 Å². The van der Waals surface area contributed by atoms with Crippen molar-refractivity contribution in [2.45, 2.75) is 24.2 Å². The van der Waals surface area contributed by atoms with E-state index in [2.05, 4.69) is 0 Å². The first-order valence-corrected chi connectivity index (χ1v) is 9.35. The molecule has 1 heterocycles. The Labute approximate surface area is 135 Å². The number of carbonyl (C=O) groups is 1. The van der Waals surface area contributed by atoms with Crippen LogP contribution < -0.4 is 0 Å². The van der Waals surface area contributed by atoms with E-state index in [1.807, 2.05) is 0 Å². The van der Waals surface area contributed by atoms with E-state index in [1.165, 1.54) is 10.4 Å². The Balaban J connectivity index is 1.66. The van der Waals surface area contributed by atoms with E-state index in [9.17, 15) is 13.2 Å². The smallest absolute Gasteiger partial charge is 0.243 e. The lowest BCUT2D eigenvalue weighted by molar-refractivity contribution is -0.139. The summed E-state index contributed by atoms with van der Waals surface area (Å²) in [6.07, 6.45) is 3.07. The van der Waals surface area contributed by atoms with Crippen molar-refractivity contribution in [3.63, 3.8) is 0 Å². The average Bonchev–Trinajstić information content (AvgIpc) is 2.45. The molecule has 0 spiro atoms. The Kier molecular flexibility index (Phi) is 4.43. The van der Waals surface area contributed by atoms with Gasteiger partial charge in [0.15, 0.2) is 0 Å². The summed E-state index contributed by atoms with van der Waals surface area (Å²) < 4.78 is 26.6. The first kappa shape index (κ1) is 15.8. The van der Waals surface area contributed by atoms with Gasteiger partial charge in [0.25, 0.3) is 0 Å². The molecule has 1 aliphatic carbocycles. The van der Waals surface area contributed by atoms with Gasteiger partial charge < -0.3 is 4.90 Å². The molecule has 1 aromatic carbocycles. The second-order valence-corrected chi connectivity index (χ2v) is 8.19.